The molecule has 19 heavy (non-hydrogen) atoms. The molecule has 4 heteroatoms. The minimum absolute atomic E-state index is 0.352. The maximum atomic E-state index is 8.76. The highest BCUT2D eigenvalue weighted by atomic mass is 16.5. The smallest absolute Gasteiger partial charge is 0.142 e. The fraction of sp³-hybridized carbons (Fsp3) is 0.533. The minimum Gasteiger partial charge on any atom is -0.495 e. The molecule has 4 nitrogen and oxygen atoms in total. The van der Waals surface area contributed by atoms with Crippen molar-refractivity contribution in [1.82, 2.24) is 4.90 Å². The van der Waals surface area contributed by atoms with Crippen LogP contribution in [-0.4, -0.2) is 44.2 Å². The first kappa shape index (κ1) is 13.7. The highest BCUT2D eigenvalue weighted by molar-refractivity contribution is 5.58. The third-order valence-corrected chi connectivity index (χ3v) is 3.75. The largest absolute Gasteiger partial charge is 0.495 e. The van der Waals surface area contributed by atoms with Gasteiger partial charge in [-0.05, 0) is 19.1 Å². The normalized spacial score (nSPS) is 17.8. The van der Waals surface area contributed by atoms with Gasteiger partial charge < -0.3 is 9.64 Å². The molecule has 0 aromatic heterocycles. The van der Waals surface area contributed by atoms with Crippen molar-refractivity contribution in [2.45, 2.75) is 19.4 Å². The number of methoxy groups -OCH3 is 1. The topological polar surface area (TPSA) is 39.5 Å². The second-order valence-electron chi connectivity index (χ2n) is 4.91. The fourth-order valence-corrected chi connectivity index (χ4v) is 2.56. The van der Waals surface area contributed by atoms with Crippen LogP contribution in [0, 0.1) is 11.3 Å². The van der Waals surface area contributed by atoms with Crippen molar-refractivity contribution in [2.75, 3.05) is 38.2 Å². The Hall–Kier alpha value is -1.73. The number of hydrogen-bond acceptors (Lipinski definition) is 4. The summed E-state index contributed by atoms with van der Waals surface area (Å²) in [6, 6.07) is 10.7. The average molecular weight is 259 g/mol. The van der Waals surface area contributed by atoms with Crippen LogP contribution in [0.5, 0.6) is 5.75 Å². The number of hydrogen-bond donors (Lipinski definition) is 0. The van der Waals surface area contributed by atoms with Crippen molar-refractivity contribution in [3.05, 3.63) is 24.3 Å². The lowest BCUT2D eigenvalue weighted by molar-refractivity contribution is 0.199. The molecule has 0 aliphatic carbocycles. The number of piperazine rings is 1. The van der Waals surface area contributed by atoms with Crippen molar-refractivity contribution in [3.8, 4) is 11.8 Å². The number of ether oxygens (including phenoxy) is 1. The molecule has 0 bridgehead atoms. The lowest BCUT2D eigenvalue weighted by atomic mass is 10.1. The average Bonchev–Trinajstić information content (AvgIpc) is 2.47. The van der Waals surface area contributed by atoms with Gasteiger partial charge in [-0.1, -0.05) is 12.1 Å². The van der Waals surface area contributed by atoms with Gasteiger partial charge >= 0.3 is 0 Å². The molecule has 0 N–H and O–H groups in total. The molecule has 0 radical (unpaired) electrons. The summed E-state index contributed by atoms with van der Waals surface area (Å²) < 4.78 is 5.41. The lowest BCUT2D eigenvalue weighted by Gasteiger charge is -2.38. The molecule has 1 aromatic rings. The SMILES string of the molecule is COc1ccccc1N1CCN(C(C)CC#N)CC1. The molecule has 1 saturated heterocycles. The van der Waals surface area contributed by atoms with Crippen LogP contribution in [-0.2, 0) is 0 Å². The maximum Gasteiger partial charge on any atom is 0.142 e. The second kappa shape index (κ2) is 6.44. The van der Waals surface area contributed by atoms with Crippen LogP contribution < -0.4 is 9.64 Å². The van der Waals surface area contributed by atoms with Crippen LogP contribution in [0.25, 0.3) is 0 Å². The number of nitrogens with zero attached hydrogens (tertiary/aromatic N) is 3. The zero-order chi connectivity index (χ0) is 13.7. The number of rotatable bonds is 4. The van der Waals surface area contributed by atoms with Gasteiger partial charge in [-0.15, -0.1) is 0 Å². The molecular weight excluding hydrogens is 238 g/mol. The Morgan fingerprint density at radius 1 is 1.26 bits per heavy atom. The predicted octanol–water partition coefficient (Wildman–Crippen LogP) is 2.12. The first-order valence-electron chi connectivity index (χ1n) is 6.75. The van der Waals surface area contributed by atoms with Gasteiger partial charge in [0, 0.05) is 32.2 Å². The van der Waals surface area contributed by atoms with E-state index in [1.807, 2.05) is 18.2 Å². The maximum absolute atomic E-state index is 8.76. The summed E-state index contributed by atoms with van der Waals surface area (Å²) in [6.45, 7) is 6.09. The van der Waals surface area contributed by atoms with E-state index in [1.54, 1.807) is 7.11 Å². The zero-order valence-electron chi connectivity index (χ0n) is 11.7. The van der Waals surface area contributed by atoms with E-state index < -0.39 is 0 Å². The van der Waals surface area contributed by atoms with Gasteiger partial charge in [0.05, 0.1) is 25.3 Å². The summed E-state index contributed by atoms with van der Waals surface area (Å²) in [6.07, 6.45) is 0.606. The molecule has 2 rings (SSSR count). The van der Waals surface area contributed by atoms with Gasteiger partial charge in [-0.2, -0.15) is 5.26 Å². The molecular formula is C15H21N3O. The van der Waals surface area contributed by atoms with Crippen molar-refractivity contribution >= 4 is 5.69 Å². The molecule has 1 unspecified atom stereocenters. The van der Waals surface area contributed by atoms with Crippen molar-refractivity contribution in [2.24, 2.45) is 0 Å². The first-order valence-corrected chi connectivity index (χ1v) is 6.75. The number of anilines is 1. The lowest BCUT2D eigenvalue weighted by Crippen LogP contribution is -2.49. The van der Waals surface area contributed by atoms with E-state index in [0.717, 1.165) is 37.6 Å². The van der Waals surface area contributed by atoms with Crippen LogP contribution in [0.2, 0.25) is 0 Å². The highest BCUT2D eigenvalue weighted by Gasteiger charge is 2.22. The standard InChI is InChI=1S/C15H21N3O/c1-13(7-8-16)17-9-11-18(12-10-17)14-5-3-4-6-15(14)19-2/h3-6,13H,7,9-12H2,1-2H3. The molecule has 102 valence electrons. The van der Waals surface area contributed by atoms with Crippen molar-refractivity contribution < 1.29 is 4.74 Å². The van der Waals surface area contributed by atoms with Gasteiger partial charge in [-0.25, -0.2) is 0 Å². The number of para-hydroxylation sites is 2. The second-order valence-corrected chi connectivity index (χ2v) is 4.91. The molecule has 1 aromatic carbocycles. The van der Waals surface area contributed by atoms with Crippen molar-refractivity contribution in [1.29, 1.82) is 5.26 Å². The summed E-state index contributed by atoms with van der Waals surface area (Å²) in [7, 11) is 1.71. The molecule has 1 aliphatic rings. The van der Waals surface area contributed by atoms with Gasteiger partial charge in [0.15, 0.2) is 0 Å². The number of nitriles is 1. The highest BCUT2D eigenvalue weighted by Crippen LogP contribution is 2.28. The van der Waals surface area contributed by atoms with Gasteiger partial charge in [0.2, 0.25) is 0 Å². The summed E-state index contributed by atoms with van der Waals surface area (Å²) in [5.41, 5.74) is 1.16. The molecule has 1 atom stereocenters. The Morgan fingerprint density at radius 2 is 1.95 bits per heavy atom. The number of benzene rings is 1. The first-order chi connectivity index (χ1) is 9.26. The zero-order valence-corrected chi connectivity index (χ0v) is 11.7. The molecule has 0 saturated carbocycles. The minimum atomic E-state index is 0.352. The van der Waals surface area contributed by atoms with Crippen LogP contribution in [0.1, 0.15) is 13.3 Å². The predicted molar refractivity (Wildman–Crippen MR) is 76.5 cm³/mol. The molecule has 1 fully saturated rings. The van der Waals surface area contributed by atoms with E-state index in [-0.39, 0.29) is 0 Å². The quantitative estimate of drug-likeness (QED) is 0.830. The van der Waals surface area contributed by atoms with Crippen LogP contribution in [0.4, 0.5) is 5.69 Å². The summed E-state index contributed by atoms with van der Waals surface area (Å²) in [4.78, 5) is 4.74. The Morgan fingerprint density at radius 3 is 2.58 bits per heavy atom. The van der Waals surface area contributed by atoms with E-state index in [2.05, 4.69) is 28.9 Å². The third-order valence-electron chi connectivity index (χ3n) is 3.75. The Labute approximate surface area is 115 Å². The van der Waals surface area contributed by atoms with E-state index in [4.69, 9.17) is 10.00 Å². The summed E-state index contributed by atoms with van der Waals surface area (Å²) >= 11 is 0. The Kier molecular flexibility index (Phi) is 4.64. The van der Waals surface area contributed by atoms with Gasteiger partial charge in [0.25, 0.3) is 0 Å². The molecule has 1 heterocycles. The monoisotopic (exact) mass is 259 g/mol. The van der Waals surface area contributed by atoms with Crippen LogP contribution in [0.3, 0.4) is 0 Å². The Bertz CT molecular complexity index is 447. The van der Waals surface area contributed by atoms with E-state index >= 15 is 0 Å². The van der Waals surface area contributed by atoms with Crippen LogP contribution >= 0.6 is 0 Å². The van der Waals surface area contributed by atoms with Crippen LogP contribution in [0.15, 0.2) is 24.3 Å². The van der Waals surface area contributed by atoms with E-state index in [0.29, 0.717) is 12.5 Å². The third kappa shape index (κ3) is 3.18. The van der Waals surface area contributed by atoms with E-state index in [1.165, 1.54) is 0 Å². The van der Waals surface area contributed by atoms with Gasteiger partial charge in [-0.3, -0.25) is 4.90 Å². The van der Waals surface area contributed by atoms with Gasteiger partial charge in [0.1, 0.15) is 5.75 Å². The molecule has 0 spiro atoms. The fourth-order valence-electron chi connectivity index (χ4n) is 2.56. The molecule has 0 amide bonds. The Balaban J connectivity index is 1.98. The molecule has 1 aliphatic heterocycles. The van der Waals surface area contributed by atoms with Crippen molar-refractivity contribution in [3.63, 3.8) is 0 Å². The summed E-state index contributed by atoms with van der Waals surface area (Å²) in [5.74, 6) is 0.932. The van der Waals surface area contributed by atoms with E-state index in [9.17, 15) is 0 Å². The summed E-state index contributed by atoms with van der Waals surface area (Å²) in [5, 5.41) is 8.76.